The second kappa shape index (κ2) is 7.27. The van der Waals surface area contributed by atoms with Crippen molar-refractivity contribution in [2.75, 3.05) is 6.54 Å². The van der Waals surface area contributed by atoms with Gasteiger partial charge in [0.05, 0.1) is 11.1 Å². The highest BCUT2D eigenvalue weighted by molar-refractivity contribution is 5.95. The minimum absolute atomic E-state index is 0.0113. The van der Waals surface area contributed by atoms with Gasteiger partial charge < -0.3 is 10.0 Å². The van der Waals surface area contributed by atoms with Crippen LogP contribution in [-0.4, -0.2) is 33.5 Å². The number of likely N-dealkylation sites (tertiary alicyclic amines) is 1. The van der Waals surface area contributed by atoms with Crippen LogP contribution in [0, 0.1) is 5.92 Å². The summed E-state index contributed by atoms with van der Waals surface area (Å²) in [5, 5.41) is 12.7. The summed E-state index contributed by atoms with van der Waals surface area (Å²) >= 11 is 0. The maximum absolute atomic E-state index is 13.4. The number of carbonyl (C=O) groups excluding carboxylic acids is 1. The predicted octanol–water partition coefficient (Wildman–Crippen LogP) is 4.53. The number of piperidine rings is 1. The quantitative estimate of drug-likeness (QED) is 0.704. The minimum atomic E-state index is -0.861. The number of rotatable bonds is 2. The molecule has 2 fully saturated rings. The molecule has 5 rings (SSSR count). The third kappa shape index (κ3) is 3.12. The Morgan fingerprint density at radius 3 is 2.59 bits per heavy atom. The van der Waals surface area contributed by atoms with Crippen LogP contribution in [0.2, 0.25) is 0 Å². The molecule has 1 saturated carbocycles. The van der Waals surface area contributed by atoms with Crippen molar-refractivity contribution in [3.63, 3.8) is 0 Å². The van der Waals surface area contributed by atoms with E-state index in [4.69, 9.17) is 0 Å². The SMILES string of the molecule is O=C(c1ccc2ccccc2n1)N1CC[C@](O)(c2ccccc2)[C@H]2CCCC[C@H]21. The Morgan fingerprint density at radius 1 is 0.966 bits per heavy atom. The Bertz CT molecular complexity index is 1040. The number of hydrogen-bond donors (Lipinski definition) is 1. The van der Waals surface area contributed by atoms with Crippen LogP contribution in [-0.2, 0) is 5.60 Å². The van der Waals surface area contributed by atoms with Crippen LogP contribution in [0.1, 0.15) is 48.2 Å². The van der Waals surface area contributed by atoms with Gasteiger partial charge in [0.15, 0.2) is 0 Å². The molecular weight excluding hydrogens is 360 g/mol. The monoisotopic (exact) mass is 386 g/mol. The third-order valence-electron chi connectivity index (χ3n) is 6.83. The number of amides is 1. The van der Waals surface area contributed by atoms with Gasteiger partial charge in [-0.15, -0.1) is 0 Å². The fourth-order valence-electron chi connectivity index (χ4n) is 5.35. The standard InChI is InChI=1S/C25H26N2O2/c28-24(22-15-14-18-8-4-6-12-21(18)26-22)27-17-16-25(29,19-9-2-1-3-10-19)20-11-5-7-13-23(20)27/h1-4,6,8-10,12,14-15,20,23,29H,5,7,11,13,16-17H2/t20-,23+,25-/m0/s1. The Balaban J connectivity index is 1.47. The third-order valence-corrected chi connectivity index (χ3v) is 6.83. The molecule has 0 unspecified atom stereocenters. The van der Waals surface area contributed by atoms with Crippen LogP contribution >= 0.6 is 0 Å². The van der Waals surface area contributed by atoms with E-state index in [2.05, 4.69) is 4.98 Å². The molecule has 3 atom stereocenters. The maximum atomic E-state index is 13.4. The molecule has 0 radical (unpaired) electrons. The molecule has 29 heavy (non-hydrogen) atoms. The van der Waals surface area contributed by atoms with Crippen molar-refractivity contribution in [2.24, 2.45) is 5.92 Å². The summed E-state index contributed by atoms with van der Waals surface area (Å²) in [4.78, 5) is 20.0. The molecule has 2 aliphatic rings. The first-order valence-electron chi connectivity index (χ1n) is 10.6. The molecule has 1 aliphatic carbocycles. The summed E-state index contributed by atoms with van der Waals surface area (Å²) in [7, 11) is 0. The molecule has 1 aliphatic heterocycles. The lowest BCUT2D eigenvalue weighted by Gasteiger charge is -2.52. The van der Waals surface area contributed by atoms with Gasteiger partial charge in [-0.3, -0.25) is 4.79 Å². The highest BCUT2D eigenvalue weighted by Gasteiger charge is 2.50. The van der Waals surface area contributed by atoms with E-state index in [-0.39, 0.29) is 17.9 Å². The second-order valence-electron chi connectivity index (χ2n) is 8.39. The average molecular weight is 386 g/mol. The number of nitrogens with zero attached hydrogens (tertiary/aromatic N) is 2. The number of aliphatic hydroxyl groups is 1. The minimum Gasteiger partial charge on any atom is -0.385 e. The van der Waals surface area contributed by atoms with Gasteiger partial charge in [-0.2, -0.15) is 0 Å². The molecule has 1 amide bonds. The Kier molecular flexibility index (Phi) is 4.59. The predicted molar refractivity (Wildman–Crippen MR) is 113 cm³/mol. The molecule has 3 aromatic rings. The largest absolute Gasteiger partial charge is 0.385 e. The summed E-state index contributed by atoms with van der Waals surface area (Å²) in [5.41, 5.74) is 1.46. The zero-order valence-electron chi connectivity index (χ0n) is 16.5. The van der Waals surface area contributed by atoms with Crippen molar-refractivity contribution < 1.29 is 9.90 Å². The van der Waals surface area contributed by atoms with E-state index in [1.165, 1.54) is 0 Å². The number of aromatic nitrogens is 1. The van der Waals surface area contributed by atoms with Crippen molar-refractivity contribution in [3.8, 4) is 0 Å². The van der Waals surface area contributed by atoms with E-state index < -0.39 is 5.60 Å². The topological polar surface area (TPSA) is 53.4 Å². The average Bonchev–Trinajstić information content (AvgIpc) is 2.79. The van der Waals surface area contributed by atoms with E-state index in [1.54, 1.807) is 0 Å². The molecule has 148 valence electrons. The van der Waals surface area contributed by atoms with Gasteiger partial charge in [-0.05, 0) is 37.0 Å². The highest BCUT2D eigenvalue weighted by Crippen LogP contribution is 2.47. The Labute approximate surface area is 171 Å². The molecule has 1 aromatic heterocycles. The number of carbonyl (C=O) groups is 1. The zero-order valence-corrected chi connectivity index (χ0v) is 16.5. The zero-order chi connectivity index (χ0) is 19.8. The molecular formula is C25H26N2O2. The van der Waals surface area contributed by atoms with Crippen LogP contribution in [0.5, 0.6) is 0 Å². The van der Waals surface area contributed by atoms with Crippen molar-refractivity contribution in [1.82, 2.24) is 9.88 Å². The highest BCUT2D eigenvalue weighted by atomic mass is 16.3. The second-order valence-corrected chi connectivity index (χ2v) is 8.39. The first-order chi connectivity index (χ1) is 14.2. The van der Waals surface area contributed by atoms with Crippen molar-refractivity contribution in [1.29, 1.82) is 0 Å². The molecule has 1 N–H and O–H groups in total. The molecule has 0 spiro atoms. The van der Waals surface area contributed by atoms with Gasteiger partial charge in [0.1, 0.15) is 5.69 Å². The number of pyridine rings is 1. The lowest BCUT2D eigenvalue weighted by Crippen LogP contribution is -2.59. The maximum Gasteiger partial charge on any atom is 0.272 e. The summed E-state index contributed by atoms with van der Waals surface area (Å²) < 4.78 is 0. The van der Waals surface area contributed by atoms with Gasteiger partial charge in [0, 0.05) is 23.9 Å². The van der Waals surface area contributed by atoms with E-state index in [0.717, 1.165) is 42.1 Å². The van der Waals surface area contributed by atoms with E-state index in [9.17, 15) is 9.90 Å². The lowest BCUT2D eigenvalue weighted by molar-refractivity contribution is -0.110. The number of fused-ring (bicyclic) bond motifs is 2. The number of hydrogen-bond acceptors (Lipinski definition) is 3. The normalized spacial score (nSPS) is 26.9. The molecule has 1 saturated heterocycles. The van der Waals surface area contributed by atoms with Crippen LogP contribution in [0.3, 0.4) is 0 Å². The summed E-state index contributed by atoms with van der Waals surface area (Å²) in [6.07, 6.45) is 4.66. The van der Waals surface area contributed by atoms with Crippen molar-refractivity contribution in [3.05, 3.63) is 78.0 Å². The molecule has 4 heteroatoms. The van der Waals surface area contributed by atoms with E-state index >= 15 is 0 Å². The van der Waals surface area contributed by atoms with E-state index in [0.29, 0.717) is 18.7 Å². The first-order valence-corrected chi connectivity index (χ1v) is 10.6. The summed E-state index contributed by atoms with van der Waals surface area (Å²) in [5.74, 6) is 0.0552. The van der Waals surface area contributed by atoms with Crippen LogP contribution in [0.25, 0.3) is 10.9 Å². The van der Waals surface area contributed by atoms with Gasteiger partial charge in [0.25, 0.3) is 5.91 Å². The van der Waals surface area contributed by atoms with Crippen molar-refractivity contribution in [2.45, 2.75) is 43.7 Å². The fourth-order valence-corrected chi connectivity index (χ4v) is 5.35. The van der Waals surface area contributed by atoms with Gasteiger partial charge in [-0.1, -0.05) is 67.4 Å². The smallest absolute Gasteiger partial charge is 0.272 e. The van der Waals surface area contributed by atoms with Crippen molar-refractivity contribution >= 4 is 16.8 Å². The summed E-state index contributed by atoms with van der Waals surface area (Å²) in [6, 6.07) is 21.7. The first kappa shape index (κ1) is 18.3. The van der Waals surface area contributed by atoms with E-state index in [1.807, 2.05) is 71.6 Å². The Morgan fingerprint density at radius 2 is 1.72 bits per heavy atom. The molecule has 2 aromatic carbocycles. The van der Waals surface area contributed by atoms with Gasteiger partial charge in [-0.25, -0.2) is 4.98 Å². The number of benzene rings is 2. The number of para-hydroxylation sites is 1. The van der Waals surface area contributed by atoms with Gasteiger partial charge >= 0.3 is 0 Å². The van der Waals surface area contributed by atoms with Crippen LogP contribution in [0.4, 0.5) is 0 Å². The Hall–Kier alpha value is -2.72. The van der Waals surface area contributed by atoms with Crippen LogP contribution in [0.15, 0.2) is 66.7 Å². The fraction of sp³-hybridized carbons (Fsp3) is 0.360. The summed E-state index contributed by atoms with van der Waals surface area (Å²) in [6.45, 7) is 0.555. The molecule has 2 heterocycles. The van der Waals surface area contributed by atoms with Crippen LogP contribution < -0.4 is 0 Å². The molecule has 0 bridgehead atoms. The van der Waals surface area contributed by atoms with Gasteiger partial charge in [0.2, 0.25) is 0 Å². The lowest BCUT2D eigenvalue weighted by atomic mass is 9.66. The molecule has 4 nitrogen and oxygen atoms in total.